The van der Waals surface area contributed by atoms with Gasteiger partial charge in [-0.25, -0.2) is 4.98 Å². The number of thioether (sulfide) groups is 1. The second-order valence-corrected chi connectivity index (χ2v) is 8.29. The Morgan fingerprint density at radius 1 is 1.35 bits per heavy atom. The van der Waals surface area contributed by atoms with E-state index >= 15 is 0 Å². The van der Waals surface area contributed by atoms with E-state index in [4.69, 9.17) is 0 Å². The smallest absolute Gasteiger partial charge is 0.263 e. The van der Waals surface area contributed by atoms with Crippen molar-refractivity contribution in [3.63, 3.8) is 0 Å². The number of aromatic nitrogens is 2. The van der Waals surface area contributed by atoms with Gasteiger partial charge in [-0.05, 0) is 47.1 Å². The fourth-order valence-corrected chi connectivity index (χ4v) is 4.49. The predicted octanol–water partition coefficient (Wildman–Crippen LogP) is 3.27. The Kier molecular flexibility index (Phi) is 5.52. The van der Waals surface area contributed by atoms with E-state index in [-0.39, 0.29) is 22.8 Å². The SMILES string of the molecule is CCNC(=O)[C@@H](C)Sc1nc2sc(C)c(C)c2c(=O)n1C(C)C. The van der Waals surface area contributed by atoms with Crippen LogP contribution in [-0.2, 0) is 4.79 Å². The lowest BCUT2D eigenvalue weighted by molar-refractivity contribution is -0.120. The molecule has 2 aromatic heterocycles. The molecule has 23 heavy (non-hydrogen) atoms. The number of hydrogen-bond acceptors (Lipinski definition) is 5. The number of fused-ring (bicyclic) bond motifs is 1. The van der Waals surface area contributed by atoms with Crippen LogP contribution in [0.4, 0.5) is 0 Å². The molecule has 2 aromatic rings. The molecule has 0 bridgehead atoms. The first-order valence-electron chi connectivity index (χ1n) is 7.74. The second-order valence-electron chi connectivity index (χ2n) is 5.78. The molecule has 0 saturated heterocycles. The Morgan fingerprint density at radius 3 is 2.57 bits per heavy atom. The summed E-state index contributed by atoms with van der Waals surface area (Å²) in [7, 11) is 0. The fourth-order valence-electron chi connectivity index (χ4n) is 2.36. The minimum absolute atomic E-state index is 0.0112. The maximum atomic E-state index is 12.9. The lowest BCUT2D eigenvalue weighted by Gasteiger charge is -2.17. The molecular weight excluding hydrogens is 330 g/mol. The Bertz CT molecular complexity index is 793. The molecule has 0 aliphatic carbocycles. The topological polar surface area (TPSA) is 64.0 Å². The number of nitrogens with one attached hydrogen (secondary N) is 1. The number of carbonyl (C=O) groups excluding carboxylic acids is 1. The summed E-state index contributed by atoms with van der Waals surface area (Å²) in [5.74, 6) is -0.0410. The maximum Gasteiger partial charge on any atom is 0.263 e. The van der Waals surface area contributed by atoms with E-state index in [1.165, 1.54) is 23.1 Å². The Hall–Kier alpha value is -1.34. The number of rotatable bonds is 5. The third-order valence-corrected chi connectivity index (χ3v) is 5.89. The number of amides is 1. The third-order valence-electron chi connectivity index (χ3n) is 3.72. The van der Waals surface area contributed by atoms with Gasteiger partial charge in [0.25, 0.3) is 5.56 Å². The van der Waals surface area contributed by atoms with Crippen molar-refractivity contribution in [3.05, 3.63) is 20.8 Å². The molecule has 126 valence electrons. The molecule has 0 spiro atoms. The van der Waals surface area contributed by atoms with Gasteiger partial charge in [0.05, 0.1) is 10.6 Å². The van der Waals surface area contributed by atoms with Crippen LogP contribution in [0.2, 0.25) is 0 Å². The normalized spacial score (nSPS) is 12.8. The molecule has 0 aromatic carbocycles. The van der Waals surface area contributed by atoms with Gasteiger partial charge >= 0.3 is 0 Å². The zero-order chi connectivity index (χ0) is 17.3. The summed E-state index contributed by atoms with van der Waals surface area (Å²) in [6.07, 6.45) is 0. The summed E-state index contributed by atoms with van der Waals surface area (Å²) in [4.78, 5) is 31.5. The van der Waals surface area contributed by atoms with Crippen molar-refractivity contribution in [1.29, 1.82) is 0 Å². The molecule has 0 unspecified atom stereocenters. The van der Waals surface area contributed by atoms with Gasteiger partial charge in [-0.3, -0.25) is 14.2 Å². The van der Waals surface area contributed by atoms with Gasteiger partial charge in [0.15, 0.2) is 5.16 Å². The van der Waals surface area contributed by atoms with E-state index < -0.39 is 0 Å². The molecule has 0 aliphatic rings. The van der Waals surface area contributed by atoms with Gasteiger partial charge in [0.2, 0.25) is 5.91 Å². The molecule has 1 amide bonds. The number of hydrogen-bond donors (Lipinski definition) is 1. The monoisotopic (exact) mass is 353 g/mol. The van der Waals surface area contributed by atoms with Crippen LogP contribution in [-0.4, -0.2) is 27.3 Å². The van der Waals surface area contributed by atoms with E-state index in [0.29, 0.717) is 17.1 Å². The van der Waals surface area contributed by atoms with Gasteiger partial charge in [-0.1, -0.05) is 11.8 Å². The van der Waals surface area contributed by atoms with Crippen molar-refractivity contribution in [3.8, 4) is 0 Å². The average Bonchev–Trinajstić information content (AvgIpc) is 2.73. The lowest BCUT2D eigenvalue weighted by atomic mass is 10.2. The zero-order valence-electron chi connectivity index (χ0n) is 14.4. The highest BCUT2D eigenvalue weighted by molar-refractivity contribution is 8.00. The number of nitrogens with zero attached hydrogens (tertiary/aromatic N) is 2. The molecule has 0 fully saturated rings. The van der Waals surface area contributed by atoms with Gasteiger partial charge in [-0.15, -0.1) is 11.3 Å². The molecular formula is C16H23N3O2S2. The van der Waals surface area contributed by atoms with Crippen molar-refractivity contribution < 1.29 is 4.79 Å². The maximum absolute atomic E-state index is 12.9. The van der Waals surface area contributed by atoms with E-state index in [2.05, 4.69) is 10.3 Å². The molecule has 0 saturated carbocycles. The molecule has 1 atom stereocenters. The minimum Gasteiger partial charge on any atom is -0.355 e. The third kappa shape index (κ3) is 3.45. The van der Waals surface area contributed by atoms with Crippen molar-refractivity contribution in [2.75, 3.05) is 6.54 Å². The Labute approximate surface area is 144 Å². The molecule has 5 nitrogen and oxygen atoms in total. The predicted molar refractivity (Wildman–Crippen MR) is 97.7 cm³/mol. The first kappa shape index (κ1) is 18.0. The van der Waals surface area contributed by atoms with Crippen LogP contribution in [0.25, 0.3) is 10.2 Å². The van der Waals surface area contributed by atoms with Crippen molar-refractivity contribution in [1.82, 2.24) is 14.9 Å². The highest BCUT2D eigenvalue weighted by Crippen LogP contribution is 2.30. The Morgan fingerprint density at radius 2 is 2.00 bits per heavy atom. The van der Waals surface area contributed by atoms with Crippen molar-refractivity contribution >= 4 is 39.2 Å². The molecule has 2 rings (SSSR count). The van der Waals surface area contributed by atoms with E-state index in [0.717, 1.165) is 15.3 Å². The van der Waals surface area contributed by atoms with E-state index in [9.17, 15) is 9.59 Å². The van der Waals surface area contributed by atoms with Crippen molar-refractivity contribution in [2.24, 2.45) is 0 Å². The largest absolute Gasteiger partial charge is 0.355 e. The quantitative estimate of drug-likeness (QED) is 0.662. The molecule has 2 heterocycles. The highest BCUT2D eigenvalue weighted by Gasteiger charge is 2.22. The Balaban J connectivity index is 2.57. The summed E-state index contributed by atoms with van der Waals surface area (Å²) in [5.41, 5.74) is 0.989. The van der Waals surface area contributed by atoms with Gasteiger partial charge in [0, 0.05) is 17.5 Å². The van der Waals surface area contributed by atoms with Crippen LogP contribution in [0, 0.1) is 13.8 Å². The van der Waals surface area contributed by atoms with E-state index in [1.807, 2.05) is 41.5 Å². The van der Waals surface area contributed by atoms with Crippen molar-refractivity contribution in [2.45, 2.75) is 58.0 Å². The standard InChI is InChI=1S/C16H23N3O2S2/c1-7-17-13(20)11(6)23-16-18-14-12(9(4)10(5)22-14)15(21)19(16)8(2)3/h8,11H,7H2,1-6H3,(H,17,20)/t11-/m1/s1. The summed E-state index contributed by atoms with van der Waals surface area (Å²) in [6, 6.07) is -0.0112. The fraction of sp³-hybridized carbons (Fsp3) is 0.562. The number of aryl methyl sites for hydroxylation is 2. The number of thiophene rings is 1. The summed E-state index contributed by atoms with van der Waals surface area (Å²) in [5, 5.41) is 3.82. The summed E-state index contributed by atoms with van der Waals surface area (Å²) >= 11 is 2.87. The highest BCUT2D eigenvalue weighted by atomic mass is 32.2. The zero-order valence-corrected chi connectivity index (χ0v) is 16.0. The summed E-state index contributed by atoms with van der Waals surface area (Å²) in [6.45, 7) is 12.2. The van der Waals surface area contributed by atoms with Crippen LogP contribution in [0.5, 0.6) is 0 Å². The van der Waals surface area contributed by atoms with Crippen LogP contribution in [0.3, 0.4) is 0 Å². The first-order valence-corrected chi connectivity index (χ1v) is 9.44. The second kappa shape index (κ2) is 7.05. The van der Waals surface area contributed by atoms with Crippen LogP contribution < -0.4 is 10.9 Å². The molecule has 7 heteroatoms. The molecule has 0 aliphatic heterocycles. The lowest BCUT2D eigenvalue weighted by Crippen LogP contribution is -2.32. The number of carbonyl (C=O) groups is 1. The summed E-state index contributed by atoms with van der Waals surface area (Å²) < 4.78 is 1.70. The van der Waals surface area contributed by atoms with Gasteiger partial charge in [0.1, 0.15) is 4.83 Å². The minimum atomic E-state index is -0.300. The van der Waals surface area contributed by atoms with Crippen LogP contribution in [0.15, 0.2) is 9.95 Å². The molecule has 0 radical (unpaired) electrons. The first-order chi connectivity index (χ1) is 10.8. The van der Waals surface area contributed by atoms with Crippen LogP contribution in [0.1, 0.15) is 44.2 Å². The van der Waals surface area contributed by atoms with Gasteiger partial charge in [-0.2, -0.15) is 0 Å². The van der Waals surface area contributed by atoms with E-state index in [1.54, 1.807) is 4.57 Å². The average molecular weight is 354 g/mol. The molecule has 1 N–H and O–H groups in total. The van der Waals surface area contributed by atoms with Crippen LogP contribution >= 0.6 is 23.1 Å². The van der Waals surface area contributed by atoms with Gasteiger partial charge < -0.3 is 5.32 Å².